The molecule has 0 aliphatic heterocycles. The van der Waals surface area contributed by atoms with Crippen molar-refractivity contribution in [3.05, 3.63) is 0 Å². The van der Waals surface area contributed by atoms with E-state index in [1.165, 1.54) is 4.90 Å². The van der Waals surface area contributed by atoms with Crippen molar-refractivity contribution in [1.82, 2.24) is 4.90 Å². The average molecular weight is 185 g/mol. The molecular formula is C8H15N3O2. The molecule has 5 heteroatoms. The lowest BCUT2D eigenvalue weighted by Gasteiger charge is -2.38. The van der Waals surface area contributed by atoms with Crippen molar-refractivity contribution in [3.8, 4) is 0 Å². The summed E-state index contributed by atoms with van der Waals surface area (Å²) in [5, 5.41) is 0. The Morgan fingerprint density at radius 3 is 2.31 bits per heavy atom. The maximum absolute atomic E-state index is 11.6. The maximum atomic E-state index is 11.6. The number of hydrogen-bond donors (Lipinski definition) is 2. The number of nitrogens with zero attached hydrogens (tertiary/aromatic N) is 1. The second kappa shape index (κ2) is 3.33. The zero-order chi connectivity index (χ0) is 10.1. The SMILES string of the molecule is CN(CC(N)=O)C(=O)C1(N)CCC1. The Morgan fingerprint density at radius 1 is 1.46 bits per heavy atom. The van der Waals surface area contributed by atoms with Gasteiger partial charge in [-0.25, -0.2) is 0 Å². The number of carbonyl (C=O) groups excluding carboxylic acids is 2. The van der Waals surface area contributed by atoms with Crippen LogP contribution in [0.1, 0.15) is 19.3 Å². The summed E-state index contributed by atoms with van der Waals surface area (Å²) in [6.07, 6.45) is 2.39. The molecule has 0 radical (unpaired) electrons. The van der Waals surface area contributed by atoms with Gasteiger partial charge < -0.3 is 16.4 Å². The monoisotopic (exact) mass is 185 g/mol. The fourth-order valence-electron chi connectivity index (χ4n) is 1.46. The summed E-state index contributed by atoms with van der Waals surface area (Å²) in [4.78, 5) is 23.4. The van der Waals surface area contributed by atoms with Gasteiger partial charge in [0, 0.05) is 7.05 Å². The molecule has 1 saturated carbocycles. The molecule has 0 saturated heterocycles. The van der Waals surface area contributed by atoms with Crippen LogP contribution in [0, 0.1) is 0 Å². The summed E-state index contributed by atoms with van der Waals surface area (Å²) >= 11 is 0. The third-order valence-electron chi connectivity index (χ3n) is 2.41. The second-order valence-corrected chi connectivity index (χ2v) is 3.64. The van der Waals surface area contributed by atoms with E-state index in [4.69, 9.17) is 11.5 Å². The van der Waals surface area contributed by atoms with Crippen LogP contribution in [-0.2, 0) is 9.59 Å². The molecule has 1 rings (SSSR count). The van der Waals surface area contributed by atoms with E-state index < -0.39 is 11.4 Å². The Morgan fingerprint density at radius 2 is 2.00 bits per heavy atom. The topological polar surface area (TPSA) is 89.4 Å². The van der Waals surface area contributed by atoms with Crippen molar-refractivity contribution in [2.24, 2.45) is 11.5 Å². The smallest absolute Gasteiger partial charge is 0.242 e. The number of primary amides is 1. The van der Waals surface area contributed by atoms with Crippen molar-refractivity contribution >= 4 is 11.8 Å². The van der Waals surface area contributed by atoms with E-state index >= 15 is 0 Å². The summed E-state index contributed by atoms with van der Waals surface area (Å²) in [5.41, 5.74) is 10.0. The first-order valence-corrected chi connectivity index (χ1v) is 4.28. The average Bonchev–Trinajstić information content (AvgIpc) is 1.97. The number of amides is 2. The lowest BCUT2D eigenvalue weighted by atomic mass is 9.76. The van der Waals surface area contributed by atoms with Crippen molar-refractivity contribution < 1.29 is 9.59 Å². The highest BCUT2D eigenvalue weighted by atomic mass is 16.2. The molecule has 0 heterocycles. The van der Waals surface area contributed by atoms with Crippen LogP contribution in [0.5, 0.6) is 0 Å². The highest BCUT2D eigenvalue weighted by Crippen LogP contribution is 2.30. The van der Waals surface area contributed by atoms with E-state index in [1.807, 2.05) is 0 Å². The third-order valence-corrected chi connectivity index (χ3v) is 2.41. The lowest BCUT2D eigenvalue weighted by molar-refractivity contribution is -0.141. The van der Waals surface area contributed by atoms with E-state index in [1.54, 1.807) is 7.05 Å². The molecule has 74 valence electrons. The molecule has 1 fully saturated rings. The van der Waals surface area contributed by atoms with Gasteiger partial charge in [0.25, 0.3) is 0 Å². The predicted molar refractivity (Wildman–Crippen MR) is 47.6 cm³/mol. The molecule has 13 heavy (non-hydrogen) atoms. The van der Waals surface area contributed by atoms with Gasteiger partial charge in [-0.2, -0.15) is 0 Å². The molecular weight excluding hydrogens is 170 g/mol. The Labute approximate surface area is 77.1 Å². The third kappa shape index (κ3) is 1.98. The van der Waals surface area contributed by atoms with Crippen LogP contribution >= 0.6 is 0 Å². The largest absolute Gasteiger partial charge is 0.368 e. The van der Waals surface area contributed by atoms with E-state index in [-0.39, 0.29) is 12.5 Å². The van der Waals surface area contributed by atoms with Crippen molar-refractivity contribution in [2.45, 2.75) is 24.8 Å². The van der Waals surface area contributed by atoms with Crippen LogP contribution in [0.25, 0.3) is 0 Å². The number of rotatable bonds is 3. The van der Waals surface area contributed by atoms with Gasteiger partial charge in [-0.3, -0.25) is 9.59 Å². The van der Waals surface area contributed by atoms with Gasteiger partial charge in [-0.05, 0) is 19.3 Å². The zero-order valence-electron chi connectivity index (χ0n) is 7.75. The van der Waals surface area contributed by atoms with Crippen molar-refractivity contribution in [3.63, 3.8) is 0 Å². The van der Waals surface area contributed by atoms with Gasteiger partial charge in [-0.15, -0.1) is 0 Å². The van der Waals surface area contributed by atoms with Crippen molar-refractivity contribution in [2.75, 3.05) is 13.6 Å². The molecule has 5 nitrogen and oxygen atoms in total. The molecule has 1 aliphatic carbocycles. The Kier molecular flexibility index (Phi) is 2.56. The molecule has 0 atom stereocenters. The molecule has 1 aliphatic rings. The van der Waals surface area contributed by atoms with Crippen LogP contribution in [0.2, 0.25) is 0 Å². The molecule has 0 unspecified atom stereocenters. The normalized spacial score (nSPS) is 18.9. The number of nitrogens with two attached hydrogens (primary N) is 2. The summed E-state index contributed by atoms with van der Waals surface area (Å²) in [6, 6.07) is 0. The molecule has 0 aromatic heterocycles. The highest BCUT2D eigenvalue weighted by Gasteiger charge is 2.41. The molecule has 0 spiro atoms. The first-order valence-electron chi connectivity index (χ1n) is 4.28. The first kappa shape index (κ1) is 9.98. The second-order valence-electron chi connectivity index (χ2n) is 3.64. The van der Waals surface area contributed by atoms with Crippen LogP contribution in [0.3, 0.4) is 0 Å². The molecule has 2 amide bonds. The summed E-state index contributed by atoms with van der Waals surface area (Å²) in [5.74, 6) is -0.698. The minimum absolute atomic E-state index is 0.0578. The van der Waals surface area contributed by atoms with Crippen LogP contribution in [0.4, 0.5) is 0 Å². The molecule has 0 bridgehead atoms. The van der Waals surface area contributed by atoms with Gasteiger partial charge in [0.2, 0.25) is 11.8 Å². The first-order chi connectivity index (χ1) is 5.96. The fraction of sp³-hybridized carbons (Fsp3) is 0.750. The Hall–Kier alpha value is -1.10. The Bertz CT molecular complexity index is 236. The Balaban J connectivity index is 2.51. The number of likely N-dealkylation sites (N-methyl/N-ethyl adjacent to an activating group) is 1. The van der Waals surface area contributed by atoms with Crippen LogP contribution in [0.15, 0.2) is 0 Å². The van der Waals surface area contributed by atoms with Crippen LogP contribution in [-0.4, -0.2) is 35.8 Å². The van der Waals surface area contributed by atoms with Crippen LogP contribution < -0.4 is 11.5 Å². The quantitative estimate of drug-likeness (QED) is 0.579. The van der Waals surface area contributed by atoms with Gasteiger partial charge >= 0.3 is 0 Å². The summed E-state index contributed by atoms with van der Waals surface area (Å²) in [6.45, 7) is -0.0578. The molecule has 4 N–H and O–H groups in total. The lowest BCUT2D eigenvalue weighted by Crippen LogP contribution is -2.59. The zero-order valence-corrected chi connectivity index (χ0v) is 7.75. The standard InChI is InChI=1S/C8H15N3O2/c1-11(5-6(9)12)7(13)8(10)3-2-4-8/h2-5,10H2,1H3,(H2,9,12). The van der Waals surface area contributed by atoms with Gasteiger partial charge in [0.15, 0.2) is 0 Å². The van der Waals surface area contributed by atoms with Gasteiger partial charge in [0.1, 0.15) is 0 Å². The number of carbonyl (C=O) groups is 2. The predicted octanol–water partition coefficient (Wildman–Crippen LogP) is -1.19. The minimum Gasteiger partial charge on any atom is -0.368 e. The summed E-state index contributed by atoms with van der Waals surface area (Å²) < 4.78 is 0. The molecule has 0 aromatic rings. The van der Waals surface area contributed by atoms with E-state index in [0.29, 0.717) is 12.8 Å². The van der Waals surface area contributed by atoms with E-state index in [2.05, 4.69) is 0 Å². The van der Waals surface area contributed by atoms with Crippen molar-refractivity contribution in [1.29, 1.82) is 0 Å². The number of hydrogen-bond acceptors (Lipinski definition) is 3. The molecule has 0 aromatic carbocycles. The van der Waals surface area contributed by atoms with Gasteiger partial charge in [0.05, 0.1) is 12.1 Å². The minimum atomic E-state index is -0.732. The van der Waals surface area contributed by atoms with E-state index in [9.17, 15) is 9.59 Å². The fourth-order valence-corrected chi connectivity index (χ4v) is 1.46. The van der Waals surface area contributed by atoms with E-state index in [0.717, 1.165) is 6.42 Å². The van der Waals surface area contributed by atoms with Gasteiger partial charge in [-0.1, -0.05) is 0 Å². The maximum Gasteiger partial charge on any atom is 0.242 e. The highest BCUT2D eigenvalue weighted by molar-refractivity contribution is 5.90. The summed E-state index contributed by atoms with van der Waals surface area (Å²) in [7, 11) is 1.54.